The number of rotatable bonds is 0. The van der Waals surface area contributed by atoms with Gasteiger partial charge in [0.25, 0.3) is 0 Å². The molecule has 1 heterocycles. The molecule has 1 rings (SSSR count). The van der Waals surface area contributed by atoms with Crippen molar-refractivity contribution in [1.82, 2.24) is 14.7 Å². The van der Waals surface area contributed by atoms with Crippen molar-refractivity contribution in [1.29, 1.82) is 0 Å². The summed E-state index contributed by atoms with van der Waals surface area (Å²) in [5.74, 6) is 0. The first-order valence-electron chi connectivity index (χ1n) is 5.11. The number of carbonyl (C=O) groups is 1. The van der Waals surface area contributed by atoms with Crippen LogP contribution in [0.5, 0.6) is 0 Å². The smallest absolute Gasteiger partial charge is 0.319 e. The van der Waals surface area contributed by atoms with E-state index >= 15 is 0 Å². The van der Waals surface area contributed by atoms with Crippen molar-refractivity contribution in [3.8, 4) is 0 Å². The first-order valence-corrected chi connectivity index (χ1v) is 5.11. The Balaban J connectivity index is 2.62. The Kier molecular flexibility index (Phi) is 3.37. The zero-order chi connectivity index (χ0) is 10.9. The van der Waals surface area contributed by atoms with Gasteiger partial charge in [-0.3, -0.25) is 4.90 Å². The fourth-order valence-electron chi connectivity index (χ4n) is 1.84. The molecule has 1 saturated heterocycles. The highest BCUT2D eigenvalue weighted by Gasteiger charge is 2.29. The van der Waals surface area contributed by atoms with Crippen LogP contribution in [0.2, 0.25) is 0 Å². The summed E-state index contributed by atoms with van der Waals surface area (Å²) in [5.41, 5.74) is 0. The molecule has 1 aliphatic heterocycles. The van der Waals surface area contributed by atoms with Crippen molar-refractivity contribution in [3.05, 3.63) is 0 Å². The molecule has 4 heteroatoms. The number of amides is 2. The Morgan fingerprint density at radius 2 is 1.64 bits per heavy atom. The zero-order valence-electron chi connectivity index (χ0n) is 9.82. The molecule has 0 radical (unpaired) electrons. The number of carbonyl (C=O) groups excluding carboxylic acids is 1. The predicted molar refractivity (Wildman–Crippen MR) is 57.3 cm³/mol. The van der Waals surface area contributed by atoms with Gasteiger partial charge in [-0.05, 0) is 20.9 Å². The van der Waals surface area contributed by atoms with Gasteiger partial charge in [0.15, 0.2) is 0 Å². The Bertz CT molecular complexity index is 205. The fraction of sp³-hybridized carbons (Fsp3) is 0.900. The Morgan fingerprint density at radius 3 is 2.00 bits per heavy atom. The van der Waals surface area contributed by atoms with Gasteiger partial charge in [-0.2, -0.15) is 0 Å². The van der Waals surface area contributed by atoms with Gasteiger partial charge in [-0.25, -0.2) is 4.79 Å². The van der Waals surface area contributed by atoms with Crippen LogP contribution in [0.4, 0.5) is 4.79 Å². The topological polar surface area (TPSA) is 26.8 Å². The van der Waals surface area contributed by atoms with Gasteiger partial charge in [0.2, 0.25) is 0 Å². The monoisotopic (exact) mass is 199 g/mol. The van der Waals surface area contributed by atoms with Crippen LogP contribution in [0.15, 0.2) is 0 Å². The largest absolute Gasteiger partial charge is 0.331 e. The highest BCUT2D eigenvalue weighted by atomic mass is 16.2. The van der Waals surface area contributed by atoms with Crippen molar-refractivity contribution < 1.29 is 4.79 Å². The molecule has 0 N–H and O–H groups in total. The van der Waals surface area contributed by atoms with Gasteiger partial charge in [-0.15, -0.1) is 0 Å². The van der Waals surface area contributed by atoms with Crippen molar-refractivity contribution >= 4 is 6.03 Å². The maximum atomic E-state index is 11.7. The quantitative estimate of drug-likeness (QED) is 0.574. The molecule has 82 valence electrons. The van der Waals surface area contributed by atoms with Gasteiger partial charge in [0.1, 0.15) is 0 Å². The average molecular weight is 199 g/mol. The van der Waals surface area contributed by atoms with Gasteiger partial charge in [-0.1, -0.05) is 0 Å². The SMILES string of the molecule is C[C@@H]1CN(C(=O)N(C)C)C[C@H](C)N1C. The summed E-state index contributed by atoms with van der Waals surface area (Å²) in [5, 5.41) is 0. The van der Waals surface area contributed by atoms with Crippen LogP contribution in [0.3, 0.4) is 0 Å². The lowest BCUT2D eigenvalue weighted by Gasteiger charge is -2.43. The number of piperazine rings is 1. The third-order valence-corrected chi connectivity index (χ3v) is 3.01. The normalized spacial score (nSPS) is 29.1. The third kappa shape index (κ3) is 2.18. The van der Waals surface area contributed by atoms with E-state index < -0.39 is 0 Å². The molecular formula is C10H21N3O. The molecule has 1 fully saturated rings. The molecule has 0 aliphatic carbocycles. The minimum absolute atomic E-state index is 0.122. The molecule has 0 aromatic carbocycles. The summed E-state index contributed by atoms with van der Waals surface area (Å²) in [6.45, 7) is 5.98. The lowest BCUT2D eigenvalue weighted by molar-refractivity contribution is 0.0682. The molecule has 0 aromatic heterocycles. The second-order valence-corrected chi connectivity index (χ2v) is 4.45. The van der Waals surface area contributed by atoms with Crippen LogP contribution in [0.1, 0.15) is 13.8 Å². The lowest BCUT2D eigenvalue weighted by Crippen LogP contribution is -2.58. The van der Waals surface area contributed by atoms with Gasteiger partial charge in [0.05, 0.1) is 0 Å². The Labute approximate surface area is 86.5 Å². The maximum Gasteiger partial charge on any atom is 0.319 e. The second-order valence-electron chi connectivity index (χ2n) is 4.45. The predicted octanol–water partition coefficient (Wildman–Crippen LogP) is 0.692. The Morgan fingerprint density at radius 1 is 1.21 bits per heavy atom. The van der Waals surface area contributed by atoms with E-state index in [4.69, 9.17) is 0 Å². The average Bonchev–Trinajstić information content (AvgIpc) is 2.12. The minimum atomic E-state index is 0.122. The maximum absolute atomic E-state index is 11.7. The molecule has 0 spiro atoms. The molecule has 0 unspecified atom stereocenters. The molecule has 0 aromatic rings. The van der Waals surface area contributed by atoms with Crippen LogP contribution >= 0.6 is 0 Å². The van der Waals surface area contributed by atoms with Crippen molar-refractivity contribution in [2.24, 2.45) is 0 Å². The summed E-state index contributed by atoms with van der Waals surface area (Å²) >= 11 is 0. The third-order valence-electron chi connectivity index (χ3n) is 3.01. The van der Waals surface area contributed by atoms with Gasteiger partial charge < -0.3 is 9.80 Å². The van der Waals surface area contributed by atoms with E-state index in [1.807, 2.05) is 4.90 Å². The fourth-order valence-corrected chi connectivity index (χ4v) is 1.84. The number of nitrogens with zero attached hydrogens (tertiary/aromatic N) is 3. The molecular weight excluding hydrogens is 178 g/mol. The van der Waals surface area contributed by atoms with Gasteiger partial charge in [0, 0.05) is 39.3 Å². The number of likely N-dealkylation sites (N-methyl/N-ethyl adjacent to an activating group) is 1. The number of hydrogen-bond acceptors (Lipinski definition) is 2. The van der Waals surface area contributed by atoms with E-state index in [0.717, 1.165) is 13.1 Å². The summed E-state index contributed by atoms with van der Waals surface area (Å²) in [6, 6.07) is 1.02. The molecule has 4 nitrogen and oxygen atoms in total. The molecule has 0 saturated carbocycles. The van der Waals surface area contributed by atoms with Crippen LogP contribution in [-0.4, -0.2) is 67.0 Å². The highest BCUT2D eigenvalue weighted by molar-refractivity contribution is 5.74. The summed E-state index contributed by atoms with van der Waals surface area (Å²) < 4.78 is 0. The zero-order valence-corrected chi connectivity index (χ0v) is 9.82. The van der Waals surface area contributed by atoms with E-state index in [1.54, 1.807) is 19.0 Å². The first kappa shape index (κ1) is 11.3. The minimum Gasteiger partial charge on any atom is -0.331 e. The van der Waals surface area contributed by atoms with Crippen LogP contribution < -0.4 is 0 Å². The summed E-state index contributed by atoms with van der Waals surface area (Å²) in [4.78, 5) is 17.6. The van der Waals surface area contributed by atoms with Crippen LogP contribution in [-0.2, 0) is 0 Å². The lowest BCUT2D eigenvalue weighted by atomic mass is 10.1. The second kappa shape index (κ2) is 4.17. The summed E-state index contributed by atoms with van der Waals surface area (Å²) in [7, 11) is 5.72. The number of hydrogen-bond donors (Lipinski definition) is 0. The molecule has 2 amide bonds. The van der Waals surface area contributed by atoms with E-state index in [2.05, 4.69) is 25.8 Å². The van der Waals surface area contributed by atoms with E-state index in [1.165, 1.54) is 0 Å². The molecule has 14 heavy (non-hydrogen) atoms. The standard InChI is InChI=1S/C10H21N3O/c1-8-6-13(10(14)11(3)4)7-9(2)12(8)5/h8-9H,6-7H2,1-5H3/t8-,9+. The van der Waals surface area contributed by atoms with Crippen molar-refractivity contribution in [3.63, 3.8) is 0 Å². The van der Waals surface area contributed by atoms with Crippen molar-refractivity contribution in [2.45, 2.75) is 25.9 Å². The molecule has 1 aliphatic rings. The van der Waals surface area contributed by atoms with E-state index in [0.29, 0.717) is 12.1 Å². The first-order chi connectivity index (χ1) is 6.43. The number of urea groups is 1. The Hall–Kier alpha value is -0.770. The van der Waals surface area contributed by atoms with Crippen LogP contribution in [0.25, 0.3) is 0 Å². The molecule has 0 bridgehead atoms. The molecule has 2 atom stereocenters. The highest BCUT2D eigenvalue weighted by Crippen LogP contribution is 2.13. The van der Waals surface area contributed by atoms with Gasteiger partial charge >= 0.3 is 6.03 Å². The van der Waals surface area contributed by atoms with E-state index in [9.17, 15) is 4.79 Å². The van der Waals surface area contributed by atoms with Crippen molar-refractivity contribution in [2.75, 3.05) is 34.2 Å². The van der Waals surface area contributed by atoms with E-state index in [-0.39, 0.29) is 6.03 Å². The summed E-state index contributed by atoms with van der Waals surface area (Å²) in [6.07, 6.45) is 0. The van der Waals surface area contributed by atoms with Crippen LogP contribution in [0, 0.1) is 0 Å².